The molecule has 1 aliphatic rings. The van der Waals surface area contributed by atoms with Crippen LogP contribution in [-0.4, -0.2) is 38.3 Å². The van der Waals surface area contributed by atoms with Crippen molar-refractivity contribution in [2.75, 3.05) is 25.4 Å². The number of carbonyl (C=O) groups excluding carboxylic acids is 3. The Morgan fingerprint density at radius 3 is 2.07 bits per heavy atom. The fourth-order valence-corrected chi connectivity index (χ4v) is 3.63. The van der Waals surface area contributed by atoms with Crippen molar-refractivity contribution in [1.82, 2.24) is 0 Å². The van der Waals surface area contributed by atoms with Gasteiger partial charge in [0.25, 0.3) is 5.91 Å². The third kappa shape index (κ3) is 4.02. The first-order valence-electron chi connectivity index (χ1n) is 9.09. The van der Waals surface area contributed by atoms with E-state index in [2.05, 4.69) is 0 Å². The molecule has 0 aromatic heterocycles. The van der Waals surface area contributed by atoms with Crippen LogP contribution in [0.15, 0.2) is 70.3 Å². The Morgan fingerprint density at radius 2 is 1.53 bits per heavy atom. The van der Waals surface area contributed by atoms with E-state index in [-0.39, 0.29) is 17.1 Å². The number of nitrogens with zero attached hydrogens (tertiary/aromatic N) is 1. The second-order valence-corrected chi connectivity index (χ2v) is 7.34. The summed E-state index contributed by atoms with van der Waals surface area (Å²) in [6, 6.07) is 14.1. The van der Waals surface area contributed by atoms with Gasteiger partial charge < -0.3 is 9.47 Å². The number of esters is 2. The predicted octanol–water partition coefficient (Wildman–Crippen LogP) is 4.07. The molecule has 0 fully saturated rings. The summed E-state index contributed by atoms with van der Waals surface area (Å²) in [5.41, 5.74) is 2.64. The topological polar surface area (TPSA) is 72.9 Å². The van der Waals surface area contributed by atoms with Gasteiger partial charge in [0.05, 0.1) is 30.9 Å². The van der Waals surface area contributed by atoms with E-state index in [1.165, 1.54) is 19.1 Å². The van der Waals surface area contributed by atoms with Crippen molar-refractivity contribution in [3.8, 4) is 0 Å². The van der Waals surface area contributed by atoms with Crippen LogP contribution >= 0.6 is 11.8 Å². The Balaban J connectivity index is 2.05. The number of carbonyl (C=O) groups is 3. The Kier molecular flexibility index (Phi) is 6.42. The highest BCUT2D eigenvalue weighted by Gasteiger charge is 2.37. The van der Waals surface area contributed by atoms with Crippen molar-refractivity contribution in [3.63, 3.8) is 0 Å². The summed E-state index contributed by atoms with van der Waals surface area (Å²) in [6.07, 6.45) is 3.67. The molecule has 0 bridgehead atoms. The van der Waals surface area contributed by atoms with Crippen LogP contribution in [0.1, 0.15) is 22.8 Å². The number of ether oxygens (including phenoxy) is 2. The maximum atomic E-state index is 13.3. The molecule has 0 spiro atoms. The van der Waals surface area contributed by atoms with Crippen LogP contribution in [0.2, 0.25) is 0 Å². The zero-order valence-electron chi connectivity index (χ0n) is 17.1. The molecule has 0 atom stereocenters. The van der Waals surface area contributed by atoms with Crippen molar-refractivity contribution in [2.24, 2.45) is 0 Å². The molecular weight excluding hydrogens is 402 g/mol. The van der Waals surface area contributed by atoms with Crippen LogP contribution in [0.4, 0.5) is 5.69 Å². The summed E-state index contributed by atoms with van der Waals surface area (Å²) in [6.45, 7) is 1.69. The van der Waals surface area contributed by atoms with E-state index in [0.717, 1.165) is 10.5 Å². The third-order valence-electron chi connectivity index (χ3n) is 4.76. The molecule has 0 aliphatic carbocycles. The molecule has 0 radical (unpaired) electrons. The molecule has 0 N–H and O–H groups in total. The lowest BCUT2D eigenvalue weighted by Gasteiger charge is -2.18. The summed E-state index contributed by atoms with van der Waals surface area (Å²) < 4.78 is 9.63. The third-order valence-corrected chi connectivity index (χ3v) is 5.51. The SMILES string of the molecule is COC(=O)C1=C(C)N(c2ccc(C(=O)OC)cc2)C(=O)/C1=C\c1ccc(SC)cc1. The van der Waals surface area contributed by atoms with E-state index >= 15 is 0 Å². The van der Waals surface area contributed by atoms with Gasteiger partial charge in [0.1, 0.15) is 0 Å². The van der Waals surface area contributed by atoms with Gasteiger partial charge in [0, 0.05) is 16.3 Å². The van der Waals surface area contributed by atoms with Gasteiger partial charge in [0.15, 0.2) is 0 Å². The van der Waals surface area contributed by atoms with E-state index in [0.29, 0.717) is 16.9 Å². The quantitative estimate of drug-likeness (QED) is 0.410. The van der Waals surface area contributed by atoms with Crippen molar-refractivity contribution in [2.45, 2.75) is 11.8 Å². The normalized spacial score (nSPS) is 15.0. The lowest BCUT2D eigenvalue weighted by atomic mass is 10.0. The van der Waals surface area contributed by atoms with Crippen molar-refractivity contribution in [1.29, 1.82) is 0 Å². The van der Waals surface area contributed by atoms with E-state index < -0.39 is 11.9 Å². The molecule has 3 rings (SSSR count). The van der Waals surface area contributed by atoms with Crippen molar-refractivity contribution >= 4 is 41.4 Å². The zero-order chi connectivity index (χ0) is 21.8. The molecule has 2 aromatic rings. The maximum Gasteiger partial charge on any atom is 0.340 e. The predicted molar refractivity (Wildman–Crippen MR) is 116 cm³/mol. The van der Waals surface area contributed by atoms with E-state index in [1.54, 1.807) is 49.0 Å². The van der Waals surface area contributed by atoms with E-state index in [1.807, 2.05) is 30.5 Å². The fourth-order valence-electron chi connectivity index (χ4n) is 3.22. The first-order valence-corrected chi connectivity index (χ1v) is 10.3. The average molecular weight is 423 g/mol. The minimum atomic E-state index is -0.582. The number of allylic oxidation sites excluding steroid dienone is 1. The smallest absolute Gasteiger partial charge is 0.340 e. The molecule has 0 unspecified atom stereocenters. The van der Waals surface area contributed by atoms with Gasteiger partial charge in [-0.25, -0.2) is 9.59 Å². The average Bonchev–Trinajstić information content (AvgIpc) is 3.02. The summed E-state index contributed by atoms with van der Waals surface area (Å²) in [4.78, 5) is 39.9. The fraction of sp³-hybridized carbons (Fsp3) is 0.174. The van der Waals surface area contributed by atoms with Gasteiger partial charge in [-0.3, -0.25) is 9.69 Å². The highest BCUT2D eigenvalue weighted by Crippen LogP contribution is 2.35. The molecule has 30 heavy (non-hydrogen) atoms. The number of thioether (sulfide) groups is 1. The number of rotatable bonds is 5. The van der Waals surface area contributed by atoms with Gasteiger partial charge >= 0.3 is 11.9 Å². The van der Waals surface area contributed by atoms with Gasteiger partial charge in [-0.1, -0.05) is 12.1 Å². The molecule has 0 saturated carbocycles. The van der Waals surface area contributed by atoms with Crippen LogP contribution in [0.25, 0.3) is 6.08 Å². The summed E-state index contributed by atoms with van der Waals surface area (Å²) in [5, 5.41) is 0. The van der Waals surface area contributed by atoms with Gasteiger partial charge in [-0.15, -0.1) is 11.8 Å². The van der Waals surface area contributed by atoms with Crippen LogP contribution in [0.5, 0.6) is 0 Å². The Morgan fingerprint density at radius 1 is 0.933 bits per heavy atom. The minimum absolute atomic E-state index is 0.216. The summed E-state index contributed by atoms with van der Waals surface area (Å²) in [7, 11) is 2.59. The maximum absolute atomic E-state index is 13.3. The molecule has 1 amide bonds. The number of benzene rings is 2. The Labute approximate surface area is 179 Å². The molecule has 2 aromatic carbocycles. The van der Waals surface area contributed by atoms with E-state index in [9.17, 15) is 14.4 Å². The second-order valence-electron chi connectivity index (χ2n) is 6.46. The Hall–Kier alpha value is -3.32. The molecule has 154 valence electrons. The van der Waals surface area contributed by atoms with Crippen molar-refractivity contribution < 1.29 is 23.9 Å². The highest BCUT2D eigenvalue weighted by molar-refractivity contribution is 7.98. The minimum Gasteiger partial charge on any atom is -0.465 e. The van der Waals surface area contributed by atoms with Crippen LogP contribution in [0.3, 0.4) is 0 Å². The number of anilines is 1. The summed E-state index contributed by atoms with van der Waals surface area (Å²) in [5.74, 6) is -1.39. The molecule has 0 saturated heterocycles. The highest BCUT2D eigenvalue weighted by atomic mass is 32.2. The van der Waals surface area contributed by atoms with Gasteiger partial charge in [-0.05, 0) is 61.2 Å². The first kappa shape index (κ1) is 21.4. The van der Waals surface area contributed by atoms with Crippen LogP contribution in [0, 0.1) is 0 Å². The van der Waals surface area contributed by atoms with Crippen molar-refractivity contribution in [3.05, 3.63) is 76.5 Å². The zero-order valence-corrected chi connectivity index (χ0v) is 17.9. The van der Waals surface area contributed by atoms with Crippen LogP contribution < -0.4 is 4.90 Å². The van der Waals surface area contributed by atoms with Gasteiger partial charge in [0.2, 0.25) is 0 Å². The first-order chi connectivity index (χ1) is 14.4. The molecule has 6 nitrogen and oxygen atoms in total. The molecule has 1 heterocycles. The van der Waals surface area contributed by atoms with Crippen LogP contribution in [-0.2, 0) is 19.1 Å². The number of amides is 1. The van der Waals surface area contributed by atoms with Gasteiger partial charge in [-0.2, -0.15) is 0 Å². The van der Waals surface area contributed by atoms with E-state index in [4.69, 9.17) is 9.47 Å². The lowest BCUT2D eigenvalue weighted by molar-refractivity contribution is -0.136. The largest absolute Gasteiger partial charge is 0.465 e. The molecular formula is C23H21NO5S. The number of hydrogen-bond acceptors (Lipinski definition) is 6. The monoisotopic (exact) mass is 423 g/mol. The lowest BCUT2D eigenvalue weighted by Crippen LogP contribution is -2.24. The number of hydrogen-bond donors (Lipinski definition) is 0. The summed E-state index contributed by atoms with van der Waals surface area (Å²) >= 11 is 1.62. The standard InChI is InChI=1S/C23H21NO5S/c1-14-20(23(27)29-3)19(13-15-5-11-18(30-4)12-6-15)21(25)24(14)17-9-7-16(8-10-17)22(26)28-2/h5-13H,1-4H3/b19-13-. The molecule has 1 aliphatic heterocycles. The second kappa shape index (κ2) is 9.00. The number of methoxy groups -OCH3 is 2. The Bertz CT molecular complexity index is 1050. The molecule has 7 heteroatoms.